The number of rotatable bonds is 35. The molecule has 0 aliphatic carbocycles. The number of amides is 1. The molecule has 0 bridgehead atoms. The molecule has 2 N–H and O–H groups in total. The molecule has 296 valence electrons. The summed E-state index contributed by atoms with van der Waals surface area (Å²) in [6.45, 7) is 11.3. The number of nitrogens with one attached hydrogen (secondary N) is 1. The summed E-state index contributed by atoms with van der Waals surface area (Å²) in [6.07, 6.45) is 33.0. The van der Waals surface area contributed by atoms with Crippen LogP contribution in [0.1, 0.15) is 221 Å². The summed E-state index contributed by atoms with van der Waals surface area (Å²) in [5, 5.41) is 13.7. The Morgan fingerprint density at radius 1 is 0.580 bits per heavy atom. The number of esters is 2. The van der Waals surface area contributed by atoms with Gasteiger partial charge in [-0.05, 0) is 40.5 Å². The molecule has 2 atom stereocenters. The third-order valence-electron chi connectivity index (χ3n) is 9.08. The van der Waals surface area contributed by atoms with Crippen LogP contribution in [0, 0.1) is 0 Å². The quantitative estimate of drug-likeness (QED) is 0.0380. The van der Waals surface area contributed by atoms with Gasteiger partial charge in [-0.2, -0.15) is 0 Å². The zero-order valence-electron chi connectivity index (χ0n) is 33.7. The van der Waals surface area contributed by atoms with Crippen molar-refractivity contribution in [2.24, 2.45) is 0 Å². The van der Waals surface area contributed by atoms with Gasteiger partial charge in [0.1, 0.15) is 23.2 Å². The van der Waals surface area contributed by atoms with Gasteiger partial charge in [0.15, 0.2) is 0 Å². The van der Waals surface area contributed by atoms with E-state index >= 15 is 0 Å². The molecule has 0 saturated heterocycles. The van der Waals surface area contributed by atoms with Gasteiger partial charge in [-0.1, -0.05) is 168 Å². The molecule has 0 spiro atoms. The Bertz CT molecular complexity index is 828. The zero-order valence-corrected chi connectivity index (χ0v) is 34.5. The van der Waals surface area contributed by atoms with Crippen LogP contribution in [0.5, 0.6) is 0 Å². The Balaban J connectivity index is 4.26. The Morgan fingerprint density at radius 2 is 0.940 bits per heavy atom. The molecule has 8 heteroatoms. The number of unbranched alkanes of at least 4 members (excludes halogenated alkanes) is 24. The number of thioether (sulfide) groups is 1. The lowest BCUT2D eigenvalue weighted by atomic mass is 10.0. The van der Waals surface area contributed by atoms with E-state index in [-0.39, 0.29) is 24.2 Å². The average Bonchev–Trinajstić information content (AvgIpc) is 3.05. The van der Waals surface area contributed by atoms with Crippen molar-refractivity contribution in [2.75, 3.05) is 12.4 Å². The fourth-order valence-corrected chi connectivity index (χ4v) is 6.88. The molecule has 0 aromatic rings. The van der Waals surface area contributed by atoms with Crippen molar-refractivity contribution in [1.82, 2.24) is 5.32 Å². The standard InChI is InChI=1S/C42H81NO6S/c1-7-9-11-13-15-17-19-21-23-25-27-29-31-33-38(44)43-37(40(46)49-41(3,4)5)35-50-42(6,47)36-48-39(45)34-32-30-28-26-24-22-20-18-16-14-12-10-8-2/h37,47H,7-36H2,1-6H3,(H,43,44)/t37-,42?/m0/s1. The summed E-state index contributed by atoms with van der Waals surface area (Å²) in [4.78, 5) is 36.7. The minimum absolute atomic E-state index is 0.114. The molecule has 50 heavy (non-hydrogen) atoms. The van der Waals surface area contributed by atoms with Crippen LogP contribution in [0.4, 0.5) is 0 Å². The molecule has 0 heterocycles. The number of ether oxygens (including phenoxy) is 2. The maximum Gasteiger partial charge on any atom is 0.330 e. The molecule has 0 radical (unpaired) electrons. The van der Waals surface area contributed by atoms with E-state index in [1.165, 1.54) is 128 Å². The van der Waals surface area contributed by atoms with Crippen LogP contribution < -0.4 is 5.32 Å². The highest BCUT2D eigenvalue weighted by Gasteiger charge is 2.31. The summed E-state index contributed by atoms with van der Waals surface area (Å²) >= 11 is 1.08. The van der Waals surface area contributed by atoms with Crippen molar-refractivity contribution in [3.05, 3.63) is 0 Å². The van der Waals surface area contributed by atoms with Crippen LogP contribution >= 0.6 is 11.8 Å². The van der Waals surface area contributed by atoms with Crippen LogP contribution in [0.3, 0.4) is 0 Å². The van der Waals surface area contributed by atoms with Crippen molar-refractivity contribution < 1.29 is 29.0 Å². The monoisotopic (exact) mass is 728 g/mol. The smallest absolute Gasteiger partial charge is 0.330 e. The zero-order chi connectivity index (χ0) is 37.4. The van der Waals surface area contributed by atoms with E-state index < -0.39 is 22.5 Å². The lowest BCUT2D eigenvalue weighted by Gasteiger charge is -2.27. The first-order valence-corrected chi connectivity index (χ1v) is 21.9. The Hall–Kier alpha value is -1.28. The van der Waals surface area contributed by atoms with E-state index in [4.69, 9.17) is 9.47 Å². The van der Waals surface area contributed by atoms with Crippen molar-refractivity contribution in [3.63, 3.8) is 0 Å². The van der Waals surface area contributed by atoms with Crippen molar-refractivity contribution in [1.29, 1.82) is 0 Å². The summed E-state index contributed by atoms with van der Waals surface area (Å²) in [5.41, 5.74) is -0.703. The predicted octanol–water partition coefficient (Wildman–Crippen LogP) is 11.8. The van der Waals surface area contributed by atoms with Gasteiger partial charge >= 0.3 is 11.9 Å². The van der Waals surface area contributed by atoms with Crippen LogP contribution in [0.2, 0.25) is 0 Å². The van der Waals surface area contributed by atoms with Crippen molar-refractivity contribution in [3.8, 4) is 0 Å². The van der Waals surface area contributed by atoms with Gasteiger partial charge in [0.05, 0.1) is 0 Å². The second-order valence-corrected chi connectivity index (χ2v) is 17.3. The van der Waals surface area contributed by atoms with Gasteiger partial charge in [-0.3, -0.25) is 9.59 Å². The van der Waals surface area contributed by atoms with Gasteiger partial charge in [-0.25, -0.2) is 4.79 Å². The maximum atomic E-state index is 13.0. The summed E-state index contributed by atoms with van der Waals surface area (Å²) in [5.74, 6) is -0.918. The molecule has 7 nitrogen and oxygen atoms in total. The first kappa shape index (κ1) is 48.7. The van der Waals surface area contributed by atoms with E-state index in [9.17, 15) is 19.5 Å². The lowest BCUT2D eigenvalue weighted by molar-refractivity contribution is -0.158. The minimum atomic E-state index is -1.40. The number of hydrogen-bond donors (Lipinski definition) is 2. The number of hydrogen-bond acceptors (Lipinski definition) is 7. The number of aliphatic hydroxyl groups is 1. The van der Waals surface area contributed by atoms with Gasteiger partial charge in [0, 0.05) is 18.6 Å². The third-order valence-corrected chi connectivity index (χ3v) is 10.3. The second kappa shape index (κ2) is 32.4. The first-order chi connectivity index (χ1) is 23.9. The fourth-order valence-electron chi connectivity index (χ4n) is 5.99. The summed E-state index contributed by atoms with van der Waals surface area (Å²) in [6, 6.07) is -0.901. The maximum absolute atomic E-state index is 13.0. The molecular formula is C42H81NO6S. The summed E-state index contributed by atoms with van der Waals surface area (Å²) in [7, 11) is 0. The Morgan fingerprint density at radius 3 is 1.32 bits per heavy atom. The van der Waals surface area contributed by atoms with E-state index in [1.54, 1.807) is 27.7 Å². The Kier molecular flexibility index (Phi) is 31.5. The molecular weight excluding hydrogens is 647 g/mol. The van der Waals surface area contributed by atoms with E-state index in [0.717, 1.165) is 50.3 Å². The third kappa shape index (κ3) is 33.8. The average molecular weight is 728 g/mol. The van der Waals surface area contributed by atoms with Gasteiger partial charge in [0.2, 0.25) is 5.91 Å². The second-order valence-electron chi connectivity index (χ2n) is 15.8. The number of carbonyl (C=O) groups is 3. The highest BCUT2D eigenvalue weighted by atomic mass is 32.2. The fraction of sp³-hybridized carbons (Fsp3) is 0.929. The van der Waals surface area contributed by atoms with Gasteiger partial charge < -0.3 is 19.9 Å². The molecule has 1 unspecified atom stereocenters. The number of carbonyl (C=O) groups excluding carboxylic acids is 3. The lowest BCUT2D eigenvalue weighted by Crippen LogP contribution is -2.46. The van der Waals surface area contributed by atoms with Crippen LogP contribution in [0.15, 0.2) is 0 Å². The molecule has 0 saturated carbocycles. The highest BCUT2D eigenvalue weighted by Crippen LogP contribution is 2.25. The molecule has 0 aliphatic heterocycles. The highest BCUT2D eigenvalue weighted by molar-refractivity contribution is 8.00. The van der Waals surface area contributed by atoms with E-state index in [2.05, 4.69) is 19.2 Å². The molecule has 0 rings (SSSR count). The van der Waals surface area contributed by atoms with Crippen LogP contribution in [-0.4, -0.2) is 51.9 Å². The molecule has 1 amide bonds. The van der Waals surface area contributed by atoms with Crippen LogP contribution in [0.25, 0.3) is 0 Å². The largest absolute Gasteiger partial charge is 0.462 e. The molecule has 0 aromatic carbocycles. The molecule has 0 fully saturated rings. The predicted molar refractivity (Wildman–Crippen MR) is 212 cm³/mol. The van der Waals surface area contributed by atoms with Gasteiger partial charge in [-0.15, -0.1) is 11.8 Å². The Labute approximate surface area is 313 Å². The molecule has 0 aromatic heterocycles. The van der Waals surface area contributed by atoms with Crippen molar-refractivity contribution in [2.45, 2.75) is 238 Å². The van der Waals surface area contributed by atoms with Crippen molar-refractivity contribution >= 4 is 29.6 Å². The van der Waals surface area contributed by atoms with E-state index in [0.29, 0.717) is 12.8 Å². The normalized spacial score (nSPS) is 13.5. The van der Waals surface area contributed by atoms with E-state index in [1.807, 2.05) is 0 Å². The molecule has 0 aliphatic rings. The summed E-state index contributed by atoms with van der Waals surface area (Å²) < 4.78 is 11.0. The topological polar surface area (TPSA) is 102 Å². The first-order valence-electron chi connectivity index (χ1n) is 20.9. The minimum Gasteiger partial charge on any atom is -0.462 e. The van der Waals surface area contributed by atoms with Crippen LogP contribution in [-0.2, 0) is 23.9 Å². The SMILES string of the molecule is CCCCCCCCCCCCCCCC(=O)N[C@@H](CSC(C)(O)COC(=O)CCCCCCCCCCCCCCC)C(=O)OC(C)(C)C. The van der Waals surface area contributed by atoms with Gasteiger partial charge in [0.25, 0.3) is 0 Å².